The molecular weight excluding hydrogens is 784 g/mol. The first kappa shape index (κ1) is 33.5. The molecule has 1 aliphatic rings. The molecule has 6 nitrogen and oxygen atoms in total. The highest BCUT2D eigenvalue weighted by molar-refractivity contribution is 9.11. The van der Waals surface area contributed by atoms with Crippen LogP contribution in [0.15, 0.2) is 120 Å². The van der Waals surface area contributed by atoms with Crippen molar-refractivity contribution in [3.63, 3.8) is 0 Å². The van der Waals surface area contributed by atoms with Gasteiger partial charge in [-0.1, -0.05) is 83.6 Å². The monoisotopic (exact) mass is 808 g/mol. The third-order valence-electron chi connectivity index (χ3n) is 7.45. The van der Waals surface area contributed by atoms with Gasteiger partial charge in [0.05, 0.1) is 37.4 Å². The summed E-state index contributed by atoms with van der Waals surface area (Å²) in [5.41, 5.74) is 3.74. The van der Waals surface area contributed by atoms with Crippen molar-refractivity contribution < 1.29 is 14.3 Å². The molecule has 1 aliphatic heterocycles. The average molecular weight is 811 g/mol. The van der Waals surface area contributed by atoms with Crippen LogP contribution in [0.4, 0.5) is 0 Å². The van der Waals surface area contributed by atoms with E-state index in [0.717, 1.165) is 27.1 Å². The van der Waals surface area contributed by atoms with Crippen LogP contribution >= 0.6 is 66.6 Å². The van der Waals surface area contributed by atoms with Crippen molar-refractivity contribution in [2.75, 3.05) is 12.9 Å². The number of hydrogen-bond donors (Lipinski definition) is 0. The molecule has 0 spiro atoms. The number of carbonyl (C=O) groups excluding carboxylic acids is 1. The zero-order valence-electron chi connectivity index (χ0n) is 25.2. The summed E-state index contributed by atoms with van der Waals surface area (Å²) in [6, 6.07) is 28.0. The summed E-state index contributed by atoms with van der Waals surface area (Å²) >= 11 is 16.5. The van der Waals surface area contributed by atoms with Crippen molar-refractivity contribution in [1.29, 1.82) is 0 Å². The van der Waals surface area contributed by atoms with Crippen LogP contribution in [0.25, 0.3) is 11.8 Å². The van der Waals surface area contributed by atoms with E-state index in [0.29, 0.717) is 46.9 Å². The third-order valence-corrected chi connectivity index (χ3v) is 10.7. The lowest BCUT2D eigenvalue weighted by Crippen LogP contribution is -2.40. The van der Waals surface area contributed by atoms with Crippen LogP contribution < -0.4 is 19.6 Å². The molecule has 2 heterocycles. The molecule has 0 saturated carbocycles. The van der Waals surface area contributed by atoms with Crippen molar-refractivity contribution >= 4 is 84.3 Å². The SMILES string of the molecule is CCOC(=O)C1=C(c2ccccc2)N=c2s/c(=C\c3cc(Br)c(OCc4ccccc4Cl)c(Br)c3)c(=O)n2[C@H]1c1ccc(SC)cc1. The topological polar surface area (TPSA) is 69.9 Å². The van der Waals surface area contributed by atoms with Gasteiger partial charge in [-0.15, -0.1) is 11.8 Å². The molecule has 6 rings (SSSR count). The van der Waals surface area contributed by atoms with Crippen molar-refractivity contribution in [1.82, 2.24) is 4.57 Å². The Morgan fingerprint density at radius 1 is 1.02 bits per heavy atom. The minimum atomic E-state index is -0.738. The van der Waals surface area contributed by atoms with Crippen LogP contribution in [-0.2, 0) is 16.1 Å². The Kier molecular flexibility index (Phi) is 10.5. The summed E-state index contributed by atoms with van der Waals surface area (Å²) in [7, 11) is 0. The lowest BCUT2D eigenvalue weighted by Gasteiger charge is -2.26. The van der Waals surface area contributed by atoms with Gasteiger partial charge < -0.3 is 9.47 Å². The van der Waals surface area contributed by atoms with Gasteiger partial charge in [0.2, 0.25) is 0 Å². The van der Waals surface area contributed by atoms with Crippen LogP contribution in [0.5, 0.6) is 5.75 Å². The van der Waals surface area contributed by atoms with E-state index < -0.39 is 12.0 Å². The second-order valence-corrected chi connectivity index (χ2v) is 14.4. The quantitative estimate of drug-likeness (QED) is 0.111. The fraction of sp³-hybridized carbons (Fsp3) is 0.139. The number of rotatable bonds is 9. The van der Waals surface area contributed by atoms with Gasteiger partial charge >= 0.3 is 5.97 Å². The summed E-state index contributed by atoms with van der Waals surface area (Å²) in [5, 5.41) is 0.631. The first-order valence-electron chi connectivity index (χ1n) is 14.6. The summed E-state index contributed by atoms with van der Waals surface area (Å²) in [6.07, 6.45) is 3.82. The van der Waals surface area contributed by atoms with Crippen LogP contribution in [0.3, 0.4) is 0 Å². The fourth-order valence-corrected chi connectivity index (χ4v) is 8.31. The smallest absolute Gasteiger partial charge is 0.338 e. The standard InChI is InChI=1S/C36H27Br2ClN2O4S2/c1-3-44-35(43)30-31(22-9-5-4-6-10-22)40-36-41(32(30)23-13-15-25(46-2)16-14-23)34(42)29(47-36)19-21-17-26(37)33(27(38)18-21)45-20-24-11-7-8-12-28(24)39/h4-19,32H,3,20H2,1-2H3/b29-19-/t32-/m0/s1. The molecule has 4 aromatic carbocycles. The van der Waals surface area contributed by atoms with E-state index in [-0.39, 0.29) is 12.2 Å². The molecule has 0 bridgehead atoms. The van der Waals surface area contributed by atoms with Crippen molar-refractivity contribution in [2.45, 2.75) is 24.5 Å². The highest BCUT2D eigenvalue weighted by Gasteiger charge is 2.35. The van der Waals surface area contributed by atoms with E-state index >= 15 is 0 Å². The Morgan fingerprint density at radius 3 is 2.36 bits per heavy atom. The van der Waals surface area contributed by atoms with Crippen molar-refractivity contribution in [3.05, 3.63) is 152 Å². The van der Waals surface area contributed by atoms with E-state index in [1.807, 2.05) is 103 Å². The van der Waals surface area contributed by atoms with Gasteiger partial charge in [-0.25, -0.2) is 9.79 Å². The second kappa shape index (κ2) is 14.8. The Labute approximate surface area is 301 Å². The molecule has 238 valence electrons. The second-order valence-electron chi connectivity index (χ2n) is 10.4. The molecule has 0 N–H and O–H groups in total. The molecule has 0 radical (unpaired) electrons. The van der Waals surface area contributed by atoms with Gasteiger partial charge in [0.25, 0.3) is 5.56 Å². The molecule has 0 aliphatic carbocycles. The fourth-order valence-electron chi connectivity index (χ4n) is 5.26. The molecular formula is C36H27Br2ClN2O4S2. The largest absolute Gasteiger partial charge is 0.486 e. The number of esters is 1. The highest BCUT2D eigenvalue weighted by Crippen LogP contribution is 2.37. The van der Waals surface area contributed by atoms with Gasteiger partial charge in [-0.05, 0) is 92.6 Å². The third kappa shape index (κ3) is 7.07. The summed E-state index contributed by atoms with van der Waals surface area (Å²) in [4.78, 5) is 34.4. The minimum Gasteiger partial charge on any atom is -0.486 e. The number of benzene rings is 4. The van der Waals surface area contributed by atoms with Crippen LogP contribution in [-0.4, -0.2) is 23.4 Å². The average Bonchev–Trinajstić information content (AvgIpc) is 3.38. The van der Waals surface area contributed by atoms with E-state index in [1.165, 1.54) is 11.3 Å². The van der Waals surface area contributed by atoms with Gasteiger partial charge in [0.1, 0.15) is 12.4 Å². The Bertz CT molecular complexity index is 2160. The summed E-state index contributed by atoms with van der Waals surface area (Å²) in [5.74, 6) is 0.104. The predicted octanol–water partition coefficient (Wildman–Crippen LogP) is 8.41. The molecule has 0 fully saturated rings. The van der Waals surface area contributed by atoms with Gasteiger partial charge in [0.15, 0.2) is 4.80 Å². The van der Waals surface area contributed by atoms with Gasteiger partial charge in [-0.3, -0.25) is 9.36 Å². The summed E-state index contributed by atoms with van der Waals surface area (Å²) in [6.45, 7) is 2.25. The number of halogens is 3. The van der Waals surface area contributed by atoms with Crippen LogP contribution in [0, 0.1) is 0 Å². The Balaban J connectivity index is 1.48. The molecule has 1 aromatic heterocycles. The summed E-state index contributed by atoms with van der Waals surface area (Å²) < 4.78 is 15.2. The van der Waals surface area contributed by atoms with Crippen molar-refractivity contribution in [3.8, 4) is 5.75 Å². The zero-order valence-corrected chi connectivity index (χ0v) is 30.8. The van der Waals surface area contributed by atoms with E-state index in [1.54, 1.807) is 23.3 Å². The molecule has 0 unspecified atom stereocenters. The maximum atomic E-state index is 14.3. The number of carbonyl (C=O) groups is 1. The normalized spacial score (nSPS) is 14.5. The highest BCUT2D eigenvalue weighted by atomic mass is 79.9. The molecule has 0 saturated heterocycles. The number of thiazole rings is 1. The predicted molar refractivity (Wildman–Crippen MR) is 197 cm³/mol. The van der Waals surface area contributed by atoms with Gasteiger partial charge in [0, 0.05) is 21.0 Å². The number of hydrogen-bond acceptors (Lipinski definition) is 7. The van der Waals surface area contributed by atoms with Crippen LogP contribution in [0.2, 0.25) is 5.02 Å². The maximum absolute atomic E-state index is 14.3. The first-order chi connectivity index (χ1) is 22.8. The van der Waals surface area contributed by atoms with E-state index in [9.17, 15) is 9.59 Å². The molecule has 47 heavy (non-hydrogen) atoms. The maximum Gasteiger partial charge on any atom is 0.338 e. The lowest BCUT2D eigenvalue weighted by atomic mass is 9.93. The Hall–Kier alpha value is -3.41. The van der Waals surface area contributed by atoms with Crippen molar-refractivity contribution in [2.24, 2.45) is 4.99 Å². The number of ether oxygens (including phenoxy) is 2. The number of thioether (sulfide) groups is 1. The molecule has 1 atom stereocenters. The lowest BCUT2D eigenvalue weighted by molar-refractivity contribution is -0.138. The van der Waals surface area contributed by atoms with Crippen LogP contribution in [0.1, 0.15) is 35.2 Å². The molecule has 11 heteroatoms. The minimum absolute atomic E-state index is 0.189. The van der Waals surface area contributed by atoms with E-state index in [4.69, 9.17) is 26.1 Å². The number of fused-ring (bicyclic) bond motifs is 1. The Morgan fingerprint density at radius 2 is 1.70 bits per heavy atom. The van der Waals surface area contributed by atoms with Gasteiger partial charge in [-0.2, -0.15) is 0 Å². The molecule has 5 aromatic rings. The first-order valence-corrected chi connectivity index (χ1v) is 18.6. The zero-order chi connectivity index (χ0) is 33.1. The number of aromatic nitrogens is 1. The number of nitrogens with zero attached hydrogens (tertiary/aromatic N) is 2. The van der Waals surface area contributed by atoms with E-state index in [2.05, 4.69) is 31.9 Å². The molecule has 0 amide bonds.